The summed E-state index contributed by atoms with van der Waals surface area (Å²) in [6.07, 6.45) is 0.124. The predicted molar refractivity (Wildman–Crippen MR) is 131 cm³/mol. The molecule has 3 N–H and O–H groups in total. The number of piperidine rings is 1. The molecule has 3 fully saturated rings. The summed E-state index contributed by atoms with van der Waals surface area (Å²) in [6.45, 7) is 3.33. The number of halogens is 2. The summed E-state index contributed by atoms with van der Waals surface area (Å²) >= 11 is 0. The first-order valence-electron chi connectivity index (χ1n) is 12.4. The highest BCUT2D eigenvalue weighted by atomic mass is 19.2. The molecule has 0 bridgehead atoms. The number of likely N-dealkylation sites (tertiary alicyclic amines) is 1. The predicted octanol–water partition coefficient (Wildman–Crippen LogP) is 2.76. The van der Waals surface area contributed by atoms with Gasteiger partial charge in [0.25, 0.3) is 5.91 Å². The van der Waals surface area contributed by atoms with Crippen LogP contribution in [0.5, 0.6) is 0 Å². The first kappa shape index (κ1) is 24.9. The van der Waals surface area contributed by atoms with E-state index in [1.54, 1.807) is 0 Å². The van der Waals surface area contributed by atoms with Crippen molar-refractivity contribution in [3.8, 4) is 0 Å². The van der Waals surface area contributed by atoms with E-state index in [2.05, 4.69) is 27.2 Å². The minimum atomic E-state index is -1.52. The molecule has 5 rings (SSSR count). The summed E-state index contributed by atoms with van der Waals surface area (Å²) in [6, 6.07) is 11.3. The molecule has 0 aromatic heterocycles. The van der Waals surface area contributed by atoms with Gasteiger partial charge in [-0.15, -0.1) is 0 Å². The molecule has 9 nitrogen and oxygen atoms in total. The molecule has 3 aliphatic heterocycles. The number of urea groups is 1. The van der Waals surface area contributed by atoms with E-state index < -0.39 is 41.8 Å². The monoisotopic (exact) mass is 513 g/mol. The number of carbonyl (C=O) groups is 3. The Balaban J connectivity index is 1.21. The van der Waals surface area contributed by atoms with Gasteiger partial charge >= 0.3 is 12.1 Å². The number of amides is 4. The minimum absolute atomic E-state index is 0.0296. The molecule has 196 valence electrons. The lowest BCUT2D eigenvalue weighted by molar-refractivity contribution is -0.125. The number of hydrogen-bond donors (Lipinski definition) is 2. The number of nitrogens with two attached hydrogens (primary N) is 1. The highest BCUT2D eigenvalue weighted by Gasteiger charge is 2.50. The number of para-hydroxylation sites is 1. The van der Waals surface area contributed by atoms with Crippen LogP contribution in [-0.4, -0.2) is 72.2 Å². The van der Waals surface area contributed by atoms with E-state index in [4.69, 9.17) is 10.5 Å². The maximum atomic E-state index is 13.9. The zero-order valence-electron chi connectivity index (χ0n) is 20.2. The lowest BCUT2D eigenvalue weighted by atomic mass is 10.00. The molecule has 2 aromatic rings. The van der Waals surface area contributed by atoms with Crippen LogP contribution in [-0.2, 0) is 9.53 Å². The molecule has 4 amide bonds. The largest absolute Gasteiger partial charge is 0.433 e. The van der Waals surface area contributed by atoms with Gasteiger partial charge in [0.05, 0.1) is 0 Å². The SMILES string of the molecule is NC(=O)C1OC(=O)N(C(=O)NC2CCN(C3CCN(c4ccccc4)CC3)C2)C1c1ccc(F)c(F)c1. The number of benzene rings is 2. The highest BCUT2D eigenvalue weighted by Crippen LogP contribution is 2.34. The molecule has 3 heterocycles. The zero-order chi connectivity index (χ0) is 26.1. The molecule has 3 unspecified atom stereocenters. The minimum Gasteiger partial charge on any atom is -0.433 e. The normalized spacial score (nSPS) is 24.8. The van der Waals surface area contributed by atoms with Gasteiger partial charge in [0.1, 0.15) is 6.04 Å². The molecule has 37 heavy (non-hydrogen) atoms. The number of hydrogen-bond acceptors (Lipinski definition) is 6. The Labute approximate surface area is 213 Å². The Bertz CT molecular complexity index is 1170. The molecular formula is C26H29F2N5O4. The van der Waals surface area contributed by atoms with Crippen LogP contribution in [0, 0.1) is 11.6 Å². The van der Waals surface area contributed by atoms with E-state index >= 15 is 0 Å². The smallest absolute Gasteiger partial charge is 0.419 e. The van der Waals surface area contributed by atoms with E-state index in [0.717, 1.165) is 49.5 Å². The second-order valence-corrected chi connectivity index (χ2v) is 9.68. The van der Waals surface area contributed by atoms with Crippen LogP contribution in [0.4, 0.5) is 24.1 Å². The van der Waals surface area contributed by atoms with Gasteiger partial charge in [-0.25, -0.2) is 23.3 Å². The number of rotatable bonds is 5. The van der Waals surface area contributed by atoms with Crippen molar-refractivity contribution in [3.05, 3.63) is 65.7 Å². The Morgan fingerprint density at radius 1 is 0.973 bits per heavy atom. The number of carbonyl (C=O) groups excluding carboxylic acids is 3. The number of anilines is 1. The van der Waals surface area contributed by atoms with Gasteiger partial charge < -0.3 is 20.7 Å². The van der Waals surface area contributed by atoms with Crippen molar-refractivity contribution in [1.82, 2.24) is 15.1 Å². The van der Waals surface area contributed by atoms with Crippen molar-refractivity contribution >= 4 is 23.7 Å². The molecule has 3 atom stereocenters. The fourth-order valence-electron chi connectivity index (χ4n) is 5.53. The zero-order valence-corrected chi connectivity index (χ0v) is 20.2. The van der Waals surface area contributed by atoms with Crippen LogP contribution in [0.25, 0.3) is 0 Å². The van der Waals surface area contributed by atoms with Gasteiger partial charge in [-0.1, -0.05) is 24.3 Å². The standard InChI is InChI=1S/C26H29F2N5O4/c27-20-7-6-16(14-21(20)28)22-23(24(29)34)37-26(36)33(22)25(35)30-17-8-11-32(15-17)19-9-12-31(13-10-19)18-4-2-1-3-5-18/h1-7,14,17,19,22-23H,8-13,15H2,(H2,29,34)(H,30,35). The van der Waals surface area contributed by atoms with E-state index in [0.29, 0.717) is 19.0 Å². The lowest BCUT2D eigenvalue weighted by Gasteiger charge is -2.38. The first-order valence-corrected chi connectivity index (χ1v) is 12.4. The third-order valence-corrected chi connectivity index (χ3v) is 7.42. The van der Waals surface area contributed by atoms with Gasteiger partial charge in [0.15, 0.2) is 11.6 Å². The van der Waals surface area contributed by atoms with Crippen LogP contribution in [0.3, 0.4) is 0 Å². The van der Waals surface area contributed by atoms with Crippen molar-refractivity contribution in [3.63, 3.8) is 0 Å². The maximum absolute atomic E-state index is 13.9. The van der Waals surface area contributed by atoms with Crippen LogP contribution < -0.4 is 16.0 Å². The molecule has 2 aromatic carbocycles. The number of primary amides is 1. The molecule has 3 aliphatic rings. The Morgan fingerprint density at radius 3 is 2.38 bits per heavy atom. The summed E-state index contributed by atoms with van der Waals surface area (Å²) < 4.78 is 32.4. The topological polar surface area (TPSA) is 108 Å². The Kier molecular flexibility index (Phi) is 6.96. The number of nitrogens with one attached hydrogen (secondary N) is 1. The Hall–Kier alpha value is -3.73. The fourth-order valence-corrected chi connectivity index (χ4v) is 5.53. The quantitative estimate of drug-likeness (QED) is 0.637. The molecule has 0 saturated carbocycles. The second kappa shape index (κ2) is 10.3. The van der Waals surface area contributed by atoms with E-state index in [1.807, 2.05) is 18.2 Å². The average Bonchev–Trinajstić information content (AvgIpc) is 3.50. The highest BCUT2D eigenvalue weighted by molar-refractivity contribution is 5.97. The van der Waals surface area contributed by atoms with Crippen molar-refractivity contribution < 1.29 is 27.9 Å². The summed E-state index contributed by atoms with van der Waals surface area (Å²) in [4.78, 5) is 43.1. The second-order valence-electron chi connectivity index (χ2n) is 9.68. The third-order valence-electron chi connectivity index (χ3n) is 7.42. The van der Waals surface area contributed by atoms with Crippen molar-refractivity contribution in [1.29, 1.82) is 0 Å². The van der Waals surface area contributed by atoms with Crippen LogP contribution in [0.15, 0.2) is 48.5 Å². The summed E-state index contributed by atoms with van der Waals surface area (Å²) in [5, 5.41) is 2.85. The fraction of sp³-hybridized carbons (Fsp3) is 0.423. The number of cyclic esters (lactones) is 1. The molecule has 3 saturated heterocycles. The first-order chi connectivity index (χ1) is 17.8. The lowest BCUT2D eigenvalue weighted by Crippen LogP contribution is -2.49. The third kappa shape index (κ3) is 5.08. The molecule has 0 radical (unpaired) electrons. The van der Waals surface area contributed by atoms with Crippen LogP contribution >= 0.6 is 0 Å². The number of imide groups is 1. The molecule has 0 aliphatic carbocycles. The maximum Gasteiger partial charge on any atom is 0.419 e. The summed E-state index contributed by atoms with van der Waals surface area (Å²) in [5.74, 6) is -3.27. The van der Waals surface area contributed by atoms with Gasteiger partial charge in [-0.3, -0.25) is 9.69 Å². The van der Waals surface area contributed by atoms with Crippen molar-refractivity contribution in [2.45, 2.75) is 43.5 Å². The summed E-state index contributed by atoms with van der Waals surface area (Å²) in [5.41, 5.74) is 6.62. The van der Waals surface area contributed by atoms with Crippen LogP contribution in [0.1, 0.15) is 30.9 Å². The molecule has 11 heteroatoms. The summed E-state index contributed by atoms with van der Waals surface area (Å²) in [7, 11) is 0. The van der Waals surface area contributed by atoms with Gasteiger partial charge in [0.2, 0.25) is 6.10 Å². The van der Waals surface area contributed by atoms with Gasteiger partial charge in [0, 0.05) is 44.0 Å². The average molecular weight is 514 g/mol. The number of nitrogens with zero attached hydrogens (tertiary/aromatic N) is 3. The molecular weight excluding hydrogens is 484 g/mol. The van der Waals surface area contributed by atoms with E-state index in [1.165, 1.54) is 11.8 Å². The molecule has 0 spiro atoms. The Morgan fingerprint density at radius 2 is 1.70 bits per heavy atom. The van der Waals surface area contributed by atoms with Crippen molar-refractivity contribution in [2.24, 2.45) is 5.73 Å². The van der Waals surface area contributed by atoms with Crippen molar-refractivity contribution in [2.75, 3.05) is 31.1 Å². The van der Waals surface area contributed by atoms with E-state index in [9.17, 15) is 23.2 Å². The number of ether oxygens (including phenoxy) is 1. The van der Waals surface area contributed by atoms with Crippen LogP contribution in [0.2, 0.25) is 0 Å². The van der Waals surface area contributed by atoms with Gasteiger partial charge in [-0.2, -0.15) is 0 Å². The van der Waals surface area contributed by atoms with E-state index in [-0.39, 0.29) is 11.6 Å². The van der Waals surface area contributed by atoms with Gasteiger partial charge in [-0.05, 0) is 49.1 Å².